The SMILES string of the molecule is Cc1cccc(C(NN)c2cccc(N(C)C)c2)c1C. The molecule has 3 nitrogen and oxygen atoms in total. The molecule has 0 saturated carbocycles. The van der Waals surface area contributed by atoms with Crippen LogP contribution in [-0.4, -0.2) is 14.1 Å². The summed E-state index contributed by atoms with van der Waals surface area (Å²) in [5.74, 6) is 5.82. The van der Waals surface area contributed by atoms with Gasteiger partial charge in [-0.2, -0.15) is 0 Å². The zero-order chi connectivity index (χ0) is 14.7. The molecule has 0 fully saturated rings. The Bertz CT molecular complexity index is 591. The average molecular weight is 269 g/mol. The van der Waals surface area contributed by atoms with Gasteiger partial charge in [-0.15, -0.1) is 0 Å². The van der Waals surface area contributed by atoms with Crippen LogP contribution in [0, 0.1) is 13.8 Å². The van der Waals surface area contributed by atoms with Gasteiger partial charge in [-0.1, -0.05) is 30.3 Å². The van der Waals surface area contributed by atoms with E-state index in [1.54, 1.807) is 0 Å². The fourth-order valence-electron chi connectivity index (χ4n) is 2.43. The van der Waals surface area contributed by atoms with Crippen molar-refractivity contribution in [3.8, 4) is 0 Å². The molecule has 0 aliphatic carbocycles. The first-order valence-electron chi connectivity index (χ1n) is 6.84. The van der Waals surface area contributed by atoms with E-state index >= 15 is 0 Å². The van der Waals surface area contributed by atoms with Crippen molar-refractivity contribution in [3.63, 3.8) is 0 Å². The van der Waals surface area contributed by atoms with E-state index in [-0.39, 0.29) is 6.04 Å². The van der Waals surface area contributed by atoms with Crippen LogP contribution in [0.1, 0.15) is 28.3 Å². The van der Waals surface area contributed by atoms with Crippen LogP contribution in [0.5, 0.6) is 0 Å². The predicted molar refractivity (Wildman–Crippen MR) is 85.9 cm³/mol. The van der Waals surface area contributed by atoms with Gasteiger partial charge in [0.25, 0.3) is 0 Å². The summed E-state index contributed by atoms with van der Waals surface area (Å²) in [6.07, 6.45) is 0. The Kier molecular flexibility index (Phi) is 4.42. The Balaban J connectivity index is 2.47. The van der Waals surface area contributed by atoms with Crippen molar-refractivity contribution in [2.24, 2.45) is 5.84 Å². The topological polar surface area (TPSA) is 41.3 Å². The highest BCUT2D eigenvalue weighted by Crippen LogP contribution is 2.28. The van der Waals surface area contributed by atoms with Crippen molar-refractivity contribution in [1.82, 2.24) is 5.43 Å². The molecule has 0 bridgehead atoms. The van der Waals surface area contributed by atoms with Gasteiger partial charge in [0.15, 0.2) is 0 Å². The predicted octanol–water partition coefficient (Wildman–Crippen LogP) is 2.92. The van der Waals surface area contributed by atoms with E-state index in [9.17, 15) is 0 Å². The molecule has 3 N–H and O–H groups in total. The highest BCUT2D eigenvalue weighted by atomic mass is 15.2. The second-order valence-corrected chi connectivity index (χ2v) is 5.38. The minimum atomic E-state index is 0.00907. The molecule has 2 aromatic rings. The molecule has 3 heteroatoms. The molecule has 1 atom stereocenters. The lowest BCUT2D eigenvalue weighted by Gasteiger charge is -2.22. The Morgan fingerprint density at radius 1 is 1.05 bits per heavy atom. The Morgan fingerprint density at radius 2 is 1.75 bits per heavy atom. The van der Waals surface area contributed by atoms with Crippen molar-refractivity contribution in [2.45, 2.75) is 19.9 Å². The van der Waals surface area contributed by atoms with Gasteiger partial charge in [0.05, 0.1) is 6.04 Å². The fourth-order valence-corrected chi connectivity index (χ4v) is 2.43. The van der Waals surface area contributed by atoms with E-state index in [1.165, 1.54) is 27.9 Å². The Morgan fingerprint density at radius 3 is 2.40 bits per heavy atom. The van der Waals surface area contributed by atoms with Gasteiger partial charge in [-0.25, -0.2) is 5.43 Å². The minimum Gasteiger partial charge on any atom is -0.378 e. The number of hydrazine groups is 1. The molecule has 0 aliphatic rings. The van der Waals surface area contributed by atoms with Crippen LogP contribution in [0.2, 0.25) is 0 Å². The number of rotatable bonds is 4. The number of nitrogens with zero attached hydrogens (tertiary/aromatic N) is 1. The smallest absolute Gasteiger partial charge is 0.0713 e. The van der Waals surface area contributed by atoms with Crippen LogP contribution in [-0.2, 0) is 0 Å². The maximum Gasteiger partial charge on any atom is 0.0713 e. The minimum absolute atomic E-state index is 0.00907. The van der Waals surface area contributed by atoms with Gasteiger partial charge in [0.1, 0.15) is 0 Å². The molecule has 0 radical (unpaired) electrons. The van der Waals surface area contributed by atoms with Crippen LogP contribution >= 0.6 is 0 Å². The van der Waals surface area contributed by atoms with E-state index in [1.807, 2.05) is 14.1 Å². The Labute approximate surface area is 121 Å². The van der Waals surface area contributed by atoms with Gasteiger partial charge in [-0.3, -0.25) is 5.84 Å². The molecular formula is C17H23N3. The third kappa shape index (κ3) is 2.84. The monoisotopic (exact) mass is 269 g/mol. The molecule has 1 unspecified atom stereocenters. The van der Waals surface area contributed by atoms with Crippen LogP contribution in [0.3, 0.4) is 0 Å². The lowest BCUT2D eigenvalue weighted by atomic mass is 9.93. The number of nitrogens with one attached hydrogen (secondary N) is 1. The summed E-state index contributed by atoms with van der Waals surface area (Å²) in [7, 11) is 4.09. The molecule has 0 aliphatic heterocycles. The second kappa shape index (κ2) is 6.07. The number of anilines is 1. The summed E-state index contributed by atoms with van der Waals surface area (Å²) in [4.78, 5) is 2.10. The van der Waals surface area contributed by atoms with E-state index < -0.39 is 0 Å². The van der Waals surface area contributed by atoms with Gasteiger partial charge in [-0.05, 0) is 48.2 Å². The number of aryl methyl sites for hydroxylation is 1. The average Bonchev–Trinajstić information content (AvgIpc) is 2.44. The number of nitrogens with two attached hydrogens (primary N) is 1. The van der Waals surface area contributed by atoms with Crippen LogP contribution in [0.25, 0.3) is 0 Å². The third-order valence-corrected chi connectivity index (χ3v) is 3.84. The molecule has 106 valence electrons. The molecule has 2 aromatic carbocycles. The highest BCUT2D eigenvalue weighted by molar-refractivity contribution is 5.50. The summed E-state index contributed by atoms with van der Waals surface area (Å²) in [6.45, 7) is 4.27. The molecule has 2 rings (SSSR count). The highest BCUT2D eigenvalue weighted by Gasteiger charge is 2.15. The second-order valence-electron chi connectivity index (χ2n) is 5.38. The number of hydrogen-bond donors (Lipinski definition) is 2. The third-order valence-electron chi connectivity index (χ3n) is 3.84. The normalized spacial score (nSPS) is 12.2. The lowest BCUT2D eigenvalue weighted by Crippen LogP contribution is -2.29. The summed E-state index contributed by atoms with van der Waals surface area (Å²) in [5, 5.41) is 0. The van der Waals surface area contributed by atoms with Crippen LogP contribution < -0.4 is 16.2 Å². The van der Waals surface area contributed by atoms with Crippen LogP contribution in [0.4, 0.5) is 5.69 Å². The van der Waals surface area contributed by atoms with Crippen LogP contribution in [0.15, 0.2) is 42.5 Å². The van der Waals surface area contributed by atoms with Gasteiger partial charge in [0, 0.05) is 19.8 Å². The maximum absolute atomic E-state index is 5.82. The summed E-state index contributed by atoms with van der Waals surface area (Å²) >= 11 is 0. The first-order chi connectivity index (χ1) is 9.54. The fraction of sp³-hybridized carbons (Fsp3) is 0.294. The van der Waals surface area contributed by atoms with E-state index in [0.717, 1.165) is 0 Å². The first-order valence-corrected chi connectivity index (χ1v) is 6.84. The van der Waals surface area contributed by atoms with Crippen molar-refractivity contribution in [3.05, 3.63) is 64.7 Å². The maximum atomic E-state index is 5.82. The van der Waals surface area contributed by atoms with E-state index in [4.69, 9.17) is 5.84 Å². The standard InChI is InChI=1S/C17H23N3/c1-12-7-5-10-16(13(12)2)17(19-18)14-8-6-9-15(11-14)20(3)4/h5-11,17,19H,18H2,1-4H3. The summed E-state index contributed by atoms with van der Waals surface area (Å²) in [5.41, 5.74) is 9.09. The molecule has 20 heavy (non-hydrogen) atoms. The van der Waals surface area contributed by atoms with Gasteiger partial charge < -0.3 is 4.90 Å². The van der Waals surface area contributed by atoms with Gasteiger partial charge >= 0.3 is 0 Å². The largest absolute Gasteiger partial charge is 0.378 e. The van der Waals surface area contributed by atoms with Crippen molar-refractivity contribution in [1.29, 1.82) is 0 Å². The molecule has 0 saturated heterocycles. The zero-order valence-electron chi connectivity index (χ0n) is 12.6. The molecule has 0 aromatic heterocycles. The quantitative estimate of drug-likeness (QED) is 0.662. The van der Waals surface area contributed by atoms with E-state index in [2.05, 4.69) is 66.6 Å². The summed E-state index contributed by atoms with van der Waals surface area (Å²) < 4.78 is 0. The zero-order valence-corrected chi connectivity index (χ0v) is 12.6. The first kappa shape index (κ1) is 14.6. The van der Waals surface area contributed by atoms with Crippen molar-refractivity contribution in [2.75, 3.05) is 19.0 Å². The Hall–Kier alpha value is -1.84. The lowest BCUT2D eigenvalue weighted by molar-refractivity contribution is 0.633. The number of benzene rings is 2. The molecular weight excluding hydrogens is 246 g/mol. The molecule has 0 heterocycles. The summed E-state index contributed by atoms with van der Waals surface area (Å²) in [6, 6.07) is 14.8. The number of hydrogen-bond acceptors (Lipinski definition) is 3. The van der Waals surface area contributed by atoms with Crippen molar-refractivity contribution < 1.29 is 0 Å². The van der Waals surface area contributed by atoms with Crippen molar-refractivity contribution >= 4 is 5.69 Å². The van der Waals surface area contributed by atoms with E-state index in [0.29, 0.717) is 0 Å². The van der Waals surface area contributed by atoms with Gasteiger partial charge in [0.2, 0.25) is 0 Å². The molecule has 0 amide bonds. The molecule has 0 spiro atoms.